The first-order valence-electron chi connectivity index (χ1n) is 6.97. The normalized spacial score (nSPS) is 9.96. The van der Waals surface area contributed by atoms with Crippen molar-refractivity contribution in [2.75, 3.05) is 6.61 Å². The summed E-state index contributed by atoms with van der Waals surface area (Å²) in [6.07, 6.45) is 0. The minimum Gasteiger partial charge on any atom is -0.478 e. The smallest absolute Gasteiger partial charge is 0.271 e. The van der Waals surface area contributed by atoms with Gasteiger partial charge in [-0.25, -0.2) is 4.31 Å². The van der Waals surface area contributed by atoms with Gasteiger partial charge in [0.25, 0.3) is 11.8 Å². The van der Waals surface area contributed by atoms with Crippen LogP contribution in [0.25, 0.3) is 0 Å². The van der Waals surface area contributed by atoms with E-state index in [4.69, 9.17) is 17.0 Å². The quantitative estimate of drug-likeness (QED) is 0.479. The maximum atomic E-state index is 12.7. The molecule has 2 amide bonds. The molecule has 2 rings (SSSR count). The number of rotatable bonds is 3. The molecule has 0 saturated carbocycles. The highest BCUT2D eigenvalue weighted by Crippen LogP contribution is 2.21. The Hall–Kier alpha value is -2.18. The van der Waals surface area contributed by atoms with Crippen LogP contribution in [0.1, 0.15) is 27.6 Å². The van der Waals surface area contributed by atoms with E-state index >= 15 is 0 Å². The Morgan fingerprint density at radius 1 is 0.957 bits per heavy atom. The molecule has 0 saturated heterocycles. The molecule has 0 bridgehead atoms. The van der Waals surface area contributed by atoms with E-state index in [1.165, 1.54) is 0 Å². The van der Waals surface area contributed by atoms with E-state index in [2.05, 4.69) is 0 Å². The molecule has 0 aliphatic heterocycles. The van der Waals surface area contributed by atoms with E-state index < -0.39 is 11.8 Å². The van der Waals surface area contributed by atoms with Gasteiger partial charge in [-0.15, -0.1) is 0 Å². The van der Waals surface area contributed by atoms with Gasteiger partial charge in [0.2, 0.25) is 4.38 Å². The Labute approximate surface area is 144 Å². The highest BCUT2D eigenvalue weighted by Gasteiger charge is 2.27. The Kier molecular flexibility index (Phi) is 6.31. The van der Waals surface area contributed by atoms with E-state index in [0.29, 0.717) is 17.7 Å². The van der Waals surface area contributed by atoms with Crippen molar-refractivity contribution in [3.8, 4) is 0 Å². The zero-order valence-corrected chi connectivity index (χ0v) is 14.1. The summed E-state index contributed by atoms with van der Waals surface area (Å²) in [5, 5.41) is 0. The Balaban J connectivity index is 2.30. The predicted molar refractivity (Wildman–Crippen MR) is 95.2 cm³/mol. The molecule has 0 aliphatic rings. The van der Waals surface area contributed by atoms with Gasteiger partial charge in [0, 0.05) is 23.1 Å². The molecule has 118 valence electrons. The van der Waals surface area contributed by atoms with Gasteiger partial charge in [-0.05, 0) is 43.4 Å². The number of hydrogen-bond acceptors (Lipinski definition) is 5. The molecular weight excluding hydrogens is 330 g/mol. The molecule has 0 aromatic heterocycles. The monoisotopic (exact) mass is 345 g/mol. The molecule has 0 radical (unpaired) electrons. The number of carbonyl (C=O) groups is 2. The van der Waals surface area contributed by atoms with E-state index in [-0.39, 0.29) is 4.38 Å². The first-order valence-corrected chi connectivity index (χ1v) is 8.15. The van der Waals surface area contributed by atoms with Gasteiger partial charge in [0.1, 0.15) is 0 Å². The van der Waals surface area contributed by atoms with Gasteiger partial charge in [-0.1, -0.05) is 36.4 Å². The fourth-order valence-electron chi connectivity index (χ4n) is 1.79. The first kappa shape index (κ1) is 17.2. The number of amides is 2. The summed E-state index contributed by atoms with van der Waals surface area (Å²) in [5.41, 5.74) is 0.812. The Morgan fingerprint density at radius 3 is 1.78 bits per heavy atom. The van der Waals surface area contributed by atoms with Crippen LogP contribution in [0, 0.1) is 0 Å². The second-order valence-electron chi connectivity index (χ2n) is 4.41. The van der Waals surface area contributed by atoms with E-state index in [9.17, 15) is 9.59 Å². The van der Waals surface area contributed by atoms with Crippen molar-refractivity contribution >= 4 is 40.4 Å². The minimum atomic E-state index is -0.438. The molecule has 0 unspecified atom stereocenters. The lowest BCUT2D eigenvalue weighted by molar-refractivity contribution is 0.0743. The number of benzene rings is 2. The van der Waals surface area contributed by atoms with Crippen LogP contribution in [0.3, 0.4) is 0 Å². The number of imide groups is 1. The number of nitrogens with zero attached hydrogens (tertiary/aromatic N) is 1. The maximum absolute atomic E-state index is 12.7. The second-order valence-corrected chi connectivity index (χ2v) is 5.96. The van der Waals surface area contributed by atoms with Crippen LogP contribution in [0.2, 0.25) is 0 Å². The van der Waals surface area contributed by atoms with Crippen molar-refractivity contribution in [2.45, 2.75) is 6.92 Å². The van der Waals surface area contributed by atoms with Crippen molar-refractivity contribution in [1.82, 2.24) is 4.31 Å². The van der Waals surface area contributed by atoms with Crippen molar-refractivity contribution in [3.05, 3.63) is 71.8 Å². The predicted octanol–water partition coefficient (Wildman–Crippen LogP) is 3.94. The highest BCUT2D eigenvalue weighted by atomic mass is 32.2. The average molecular weight is 345 g/mol. The lowest BCUT2D eigenvalue weighted by Gasteiger charge is -2.19. The molecule has 0 N–H and O–H groups in total. The summed E-state index contributed by atoms with van der Waals surface area (Å²) in [6, 6.07) is 17.2. The molecule has 0 aliphatic carbocycles. The van der Waals surface area contributed by atoms with Crippen LogP contribution < -0.4 is 0 Å². The fraction of sp³-hybridized carbons (Fsp3) is 0.118. The molecular formula is C17H15NO3S2. The zero-order chi connectivity index (χ0) is 16.7. The number of hydrogen-bond donors (Lipinski definition) is 0. The number of thiocarbonyl (C=S) groups is 1. The van der Waals surface area contributed by atoms with E-state index in [1.807, 2.05) is 0 Å². The van der Waals surface area contributed by atoms with Gasteiger partial charge in [0.15, 0.2) is 0 Å². The molecule has 6 heteroatoms. The average Bonchev–Trinajstić information content (AvgIpc) is 2.60. The molecule has 0 atom stereocenters. The van der Waals surface area contributed by atoms with Gasteiger partial charge >= 0.3 is 0 Å². The summed E-state index contributed by atoms with van der Waals surface area (Å²) in [4.78, 5) is 25.3. The maximum Gasteiger partial charge on any atom is 0.271 e. The summed E-state index contributed by atoms with van der Waals surface area (Å²) in [6.45, 7) is 2.16. The van der Waals surface area contributed by atoms with Gasteiger partial charge in [0.05, 0.1) is 6.61 Å². The lowest BCUT2D eigenvalue weighted by Crippen LogP contribution is -2.32. The minimum absolute atomic E-state index is 0.126. The second kappa shape index (κ2) is 8.45. The third-order valence-electron chi connectivity index (χ3n) is 2.84. The molecule has 23 heavy (non-hydrogen) atoms. The molecule has 0 spiro atoms. The van der Waals surface area contributed by atoms with Crippen molar-refractivity contribution in [1.29, 1.82) is 0 Å². The zero-order valence-electron chi connectivity index (χ0n) is 12.5. The lowest BCUT2D eigenvalue weighted by atomic mass is 10.2. The third kappa shape index (κ3) is 4.64. The summed E-state index contributed by atoms with van der Waals surface area (Å²) in [7, 11) is 0. The summed E-state index contributed by atoms with van der Waals surface area (Å²) in [5.74, 6) is -0.877. The summed E-state index contributed by atoms with van der Waals surface area (Å²) < 4.78 is 6.35. The van der Waals surface area contributed by atoms with Crippen LogP contribution in [0.4, 0.5) is 0 Å². The topological polar surface area (TPSA) is 46.6 Å². The molecule has 2 aromatic rings. The van der Waals surface area contributed by atoms with Crippen LogP contribution in [-0.4, -0.2) is 27.1 Å². The largest absolute Gasteiger partial charge is 0.478 e. The molecule has 4 nitrogen and oxygen atoms in total. The Bertz CT molecular complexity index is 638. The Morgan fingerprint density at radius 2 is 1.39 bits per heavy atom. The van der Waals surface area contributed by atoms with Crippen LogP contribution in [-0.2, 0) is 4.74 Å². The summed E-state index contributed by atoms with van der Waals surface area (Å²) >= 11 is 5.88. The van der Waals surface area contributed by atoms with Crippen molar-refractivity contribution in [3.63, 3.8) is 0 Å². The van der Waals surface area contributed by atoms with E-state index in [1.54, 1.807) is 67.6 Å². The number of carbonyl (C=O) groups excluding carboxylic acids is 2. The van der Waals surface area contributed by atoms with Crippen molar-refractivity contribution in [2.24, 2.45) is 0 Å². The van der Waals surface area contributed by atoms with Crippen LogP contribution in [0.15, 0.2) is 60.7 Å². The fourth-order valence-corrected chi connectivity index (χ4v) is 2.83. The number of ether oxygens (including phenoxy) is 1. The van der Waals surface area contributed by atoms with Crippen molar-refractivity contribution < 1.29 is 14.3 Å². The highest BCUT2D eigenvalue weighted by molar-refractivity contribution is 8.21. The molecule has 0 heterocycles. The third-order valence-corrected chi connectivity index (χ3v) is 3.96. The van der Waals surface area contributed by atoms with Crippen LogP contribution in [0.5, 0.6) is 0 Å². The molecule has 0 fully saturated rings. The SMILES string of the molecule is CCOC(=S)SN(C(=O)c1ccccc1)C(=O)c1ccccc1. The van der Waals surface area contributed by atoms with Crippen LogP contribution >= 0.6 is 24.2 Å². The first-order chi connectivity index (χ1) is 11.1. The van der Waals surface area contributed by atoms with Gasteiger partial charge < -0.3 is 4.74 Å². The molecule has 2 aromatic carbocycles. The standard InChI is InChI=1S/C17H15NO3S2/c1-2-21-17(22)23-18(15(19)13-9-5-3-6-10-13)16(20)14-11-7-4-8-12-14/h3-12H,2H2,1H3. The van der Waals surface area contributed by atoms with Gasteiger partial charge in [-0.3, -0.25) is 9.59 Å². The van der Waals surface area contributed by atoms with E-state index in [0.717, 1.165) is 16.3 Å². The van der Waals surface area contributed by atoms with Gasteiger partial charge in [-0.2, -0.15) is 0 Å².